The number of benzene rings is 1. The van der Waals surface area contributed by atoms with Gasteiger partial charge in [-0.05, 0) is 18.9 Å². The van der Waals surface area contributed by atoms with E-state index in [1.807, 2.05) is 6.07 Å². The summed E-state index contributed by atoms with van der Waals surface area (Å²) in [5, 5.41) is 6.69. The Morgan fingerprint density at radius 3 is 2.74 bits per heavy atom. The third kappa shape index (κ3) is 4.97. The Labute approximate surface area is 144 Å². The number of nitrogens with one attached hydrogen (secondary N) is 2. The summed E-state index contributed by atoms with van der Waals surface area (Å²) in [4.78, 5) is 18.5. The predicted octanol–water partition coefficient (Wildman–Crippen LogP) is 2.97. The van der Waals surface area contributed by atoms with Crippen LogP contribution >= 0.6 is 23.2 Å². The van der Waals surface area contributed by atoms with Crippen molar-refractivity contribution in [1.82, 2.24) is 15.3 Å². The summed E-state index contributed by atoms with van der Waals surface area (Å²) >= 11 is 12.3. The van der Waals surface area contributed by atoms with Crippen molar-refractivity contribution in [3.8, 4) is 11.3 Å². The molecule has 6 nitrogen and oxygen atoms in total. The van der Waals surface area contributed by atoms with Crippen LogP contribution < -0.4 is 16.4 Å². The Bertz CT molecular complexity index is 681. The molecule has 2 aromatic rings. The number of unbranched alkanes of at least 4 members (excludes halogenated alkanes) is 1. The lowest BCUT2D eigenvalue weighted by Gasteiger charge is -2.10. The summed E-state index contributed by atoms with van der Waals surface area (Å²) in [5.41, 5.74) is 7.07. The molecule has 0 aliphatic carbocycles. The molecule has 0 fully saturated rings. The lowest BCUT2D eigenvalue weighted by molar-refractivity contribution is -0.109. The highest BCUT2D eigenvalue weighted by Crippen LogP contribution is 2.33. The molecule has 1 amide bonds. The molecule has 2 rings (SSSR count). The standard InChI is InChI=1S/C15H17Cl2N5O/c16-11-5-3-4-10(14(11)17)12-8-13(22-15(18)21-12)20-7-2-1-6-19-9-23/h3-5,8-9H,1-2,6-7H2,(H,19,23)(H3,18,20,21,22). The molecular formula is C15H17Cl2N5O. The van der Waals surface area contributed by atoms with E-state index in [0.29, 0.717) is 46.6 Å². The number of rotatable bonds is 8. The van der Waals surface area contributed by atoms with Gasteiger partial charge in [0.1, 0.15) is 5.82 Å². The molecule has 0 unspecified atom stereocenters. The number of nitrogen functional groups attached to an aromatic ring is 1. The minimum absolute atomic E-state index is 0.156. The number of nitrogens with zero attached hydrogens (tertiary/aromatic N) is 2. The first kappa shape index (κ1) is 17.3. The van der Waals surface area contributed by atoms with Crippen LogP contribution in [-0.2, 0) is 4.79 Å². The van der Waals surface area contributed by atoms with Crippen LogP contribution in [0.2, 0.25) is 10.0 Å². The fraction of sp³-hybridized carbons (Fsp3) is 0.267. The first-order valence-electron chi connectivity index (χ1n) is 7.11. The Morgan fingerprint density at radius 2 is 1.96 bits per heavy atom. The molecule has 122 valence electrons. The van der Waals surface area contributed by atoms with Crippen molar-refractivity contribution in [2.24, 2.45) is 0 Å². The molecule has 4 N–H and O–H groups in total. The summed E-state index contributed by atoms with van der Waals surface area (Å²) < 4.78 is 0. The highest BCUT2D eigenvalue weighted by Gasteiger charge is 2.10. The maximum absolute atomic E-state index is 10.1. The van der Waals surface area contributed by atoms with Gasteiger partial charge in [0.05, 0.1) is 15.7 Å². The van der Waals surface area contributed by atoms with E-state index in [4.69, 9.17) is 28.9 Å². The molecule has 0 saturated carbocycles. The van der Waals surface area contributed by atoms with Crippen LogP contribution in [0.3, 0.4) is 0 Å². The largest absolute Gasteiger partial charge is 0.370 e. The van der Waals surface area contributed by atoms with Gasteiger partial charge in [-0.3, -0.25) is 4.79 Å². The second-order valence-electron chi connectivity index (χ2n) is 4.80. The molecular weight excluding hydrogens is 337 g/mol. The maximum Gasteiger partial charge on any atom is 0.222 e. The van der Waals surface area contributed by atoms with E-state index in [1.165, 1.54) is 0 Å². The molecule has 0 radical (unpaired) electrons. The summed E-state index contributed by atoms with van der Waals surface area (Å²) in [7, 11) is 0. The van der Waals surface area contributed by atoms with Crippen LogP contribution in [-0.4, -0.2) is 29.5 Å². The topological polar surface area (TPSA) is 92.9 Å². The summed E-state index contributed by atoms with van der Waals surface area (Å²) in [6.45, 7) is 1.36. The maximum atomic E-state index is 10.1. The molecule has 1 heterocycles. The summed E-state index contributed by atoms with van der Waals surface area (Å²) in [6.07, 6.45) is 2.46. The monoisotopic (exact) mass is 353 g/mol. The van der Waals surface area contributed by atoms with Crippen molar-refractivity contribution >= 4 is 41.4 Å². The Hall–Kier alpha value is -2.05. The lowest BCUT2D eigenvalue weighted by Crippen LogP contribution is -2.14. The zero-order valence-corrected chi connectivity index (χ0v) is 13.9. The van der Waals surface area contributed by atoms with Crippen LogP contribution in [0, 0.1) is 0 Å². The van der Waals surface area contributed by atoms with Crippen LogP contribution in [0.4, 0.5) is 11.8 Å². The van der Waals surface area contributed by atoms with E-state index in [2.05, 4.69) is 20.6 Å². The fourth-order valence-corrected chi connectivity index (χ4v) is 2.42. The molecule has 0 aliphatic heterocycles. The van der Waals surface area contributed by atoms with Crippen LogP contribution in [0.15, 0.2) is 24.3 Å². The normalized spacial score (nSPS) is 10.3. The SMILES string of the molecule is Nc1nc(NCCCCNC=O)cc(-c2cccc(Cl)c2Cl)n1. The van der Waals surface area contributed by atoms with Gasteiger partial charge >= 0.3 is 0 Å². The van der Waals surface area contributed by atoms with Crippen molar-refractivity contribution in [2.75, 3.05) is 24.1 Å². The average molecular weight is 354 g/mol. The smallest absolute Gasteiger partial charge is 0.222 e. The van der Waals surface area contributed by atoms with Crippen molar-refractivity contribution in [3.63, 3.8) is 0 Å². The summed E-state index contributed by atoms with van der Waals surface area (Å²) in [5.74, 6) is 0.774. The van der Waals surface area contributed by atoms with Gasteiger partial charge in [0, 0.05) is 24.7 Å². The highest BCUT2D eigenvalue weighted by atomic mass is 35.5. The first-order chi connectivity index (χ1) is 11.1. The third-order valence-corrected chi connectivity index (χ3v) is 3.93. The van der Waals surface area contributed by atoms with Crippen LogP contribution in [0.1, 0.15) is 12.8 Å². The molecule has 23 heavy (non-hydrogen) atoms. The fourth-order valence-electron chi connectivity index (χ4n) is 2.02. The average Bonchev–Trinajstić information content (AvgIpc) is 2.53. The molecule has 0 atom stereocenters. The van der Waals surface area contributed by atoms with E-state index >= 15 is 0 Å². The van der Waals surface area contributed by atoms with Gasteiger partial charge in [-0.2, -0.15) is 4.98 Å². The zero-order chi connectivity index (χ0) is 16.7. The minimum Gasteiger partial charge on any atom is -0.370 e. The third-order valence-electron chi connectivity index (χ3n) is 3.11. The Morgan fingerprint density at radius 1 is 1.17 bits per heavy atom. The number of amides is 1. The zero-order valence-electron chi connectivity index (χ0n) is 12.4. The predicted molar refractivity (Wildman–Crippen MR) is 93.7 cm³/mol. The Balaban J connectivity index is 2.07. The first-order valence-corrected chi connectivity index (χ1v) is 7.87. The van der Waals surface area contributed by atoms with Crippen molar-refractivity contribution in [2.45, 2.75) is 12.8 Å². The molecule has 0 aliphatic rings. The van der Waals surface area contributed by atoms with E-state index in [0.717, 1.165) is 12.8 Å². The number of halogens is 2. The number of anilines is 2. The van der Waals surface area contributed by atoms with E-state index in [-0.39, 0.29) is 5.95 Å². The molecule has 8 heteroatoms. The highest BCUT2D eigenvalue weighted by molar-refractivity contribution is 6.43. The van der Waals surface area contributed by atoms with Gasteiger partial charge in [-0.25, -0.2) is 4.98 Å². The molecule has 0 spiro atoms. The van der Waals surface area contributed by atoms with Crippen molar-refractivity contribution in [3.05, 3.63) is 34.3 Å². The quantitative estimate of drug-likeness (QED) is 0.501. The molecule has 0 saturated heterocycles. The van der Waals surface area contributed by atoms with Gasteiger partial charge in [-0.1, -0.05) is 35.3 Å². The number of aromatic nitrogens is 2. The van der Waals surface area contributed by atoms with E-state index < -0.39 is 0 Å². The van der Waals surface area contributed by atoms with Gasteiger partial charge in [-0.15, -0.1) is 0 Å². The molecule has 1 aromatic heterocycles. The van der Waals surface area contributed by atoms with Gasteiger partial charge in [0.25, 0.3) is 0 Å². The lowest BCUT2D eigenvalue weighted by atomic mass is 10.1. The van der Waals surface area contributed by atoms with Crippen LogP contribution in [0.5, 0.6) is 0 Å². The summed E-state index contributed by atoms with van der Waals surface area (Å²) in [6, 6.07) is 7.11. The van der Waals surface area contributed by atoms with Gasteiger partial charge in [0.2, 0.25) is 12.4 Å². The van der Waals surface area contributed by atoms with E-state index in [9.17, 15) is 4.79 Å². The number of hydrogen-bond donors (Lipinski definition) is 3. The van der Waals surface area contributed by atoms with Crippen molar-refractivity contribution in [1.29, 1.82) is 0 Å². The minimum atomic E-state index is 0.156. The molecule has 0 bridgehead atoms. The second kappa shape index (κ2) is 8.55. The molecule has 1 aromatic carbocycles. The second-order valence-corrected chi connectivity index (χ2v) is 5.59. The van der Waals surface area contributed by atoms with E-state index in [1.54, 1.807) is 18.2 Å². The van der Waals surface area contributed by atoms with Crippen LogP contribution in [0.25, 0.3) is 11.3 Å². The number of carbonyl (C=O) groups excluding carboxylic acids is 1. The Kier molecular flexibility index (Phi) is 6.43. The number of carbonyl (C=O) groups is 1. The van der Waals surface area contributed by atoms with Gasteiger partial charge < -0.3 is 16.4 Å². The number of hydrogen-bond acceptors (Lipinski definition) is 5. The number of nitrogens with two attached hydrogens (primary N) is 1. The van der Waals surface area contributed by atoms with Crippen molar-refractivity contribution < 1.29 is 4.79 Å². The van der Waals surface area contributed by atoms with Gasteiger partial charge in [0.15, 0.2) is 0 Å².